The monoisotopic (exact) mass is 480 g/mol. The number of nitrogens with zero attached hydrogens (tertiary/aromatic N) is 1. The highest BCUT2D eigenvalue weighted by atomic mass is 16.6. The summed E-state index contributed by atoms with van der Waals surface area (Å²) >= 11 is 0. The number of cyclic esters (lactones) is 1. The molecule has 7 heteroatoms. The van der Waals surface area contributed by atoms with Gasteiger partial charge in [0.2, 0.25) is 5.91 Å². The largest absolute Gasteiger partial charge is 0.480 e. The SMILES string of the molecule is CC(C)(C)C(NC(=O)Cc1ccccc1)C(=O)O.CC(C)(C)C1N=C(Cc2ccccc2)OC1=O. The number of carboxylic acids is 1. The number of benzene rings is 2. The van der Waals surface area contributed by atoms with Crippen LogP contribution in [0.5, 0.6) is 0 Å². The van der Waals surface area contributed by atoms with Crippen molar-refractivity contribution in [1.29, 1.82) is 0 Å². The van der Waals surface area contributed by atoms with Crippen LogP contribution in [0.4, 0.5) is 0 Å². The fourth-order valence-electron chi connectivity index (χ4n) is 3.44. The highest BCUT2D eigenvalue weighted by Gasteiger charge is 2.38. The number of rotatable bonds is 6. The van der Waals surface area contributed by atoms with Gasteiger partial charge in [0.25, 0.3) is 0 Å². The second kappa shape index (κ2) is 11.8. The molecule has 3 rings (SSSR count). The summed E-state index contributed by atoms with van der Waals surface area (Å²) in [6.07, 6.45) is 0.778. The Labute approximate surface area is 207 Å². The zero-order valence-electron chi connectivity index (χ0n) is 21.4. The predicted octanol–water partition coefficient (Wildman–Crippen LogP) is 4.44. The van der Waals surface area contributed by atoms with Crippen molar-refractivity contribution >= 4 is 23.7 Å². The molecule has 0 spiro atoms. The van der Waals surface area contributed by atoms with E-state index in [9.17, 15) is 14.4 Å². The van der Waals surface area contributed by atoms with E-state index in [1.54, 1.807) is 20.8 Å². The van der Waals surface area contributed by atoms with Crippen LogP contribution in [-0.2, 0) is 32.0 Å². The molecule has 0 bridgehead atoms. The van der Waals surface area contributed by atoms with Gasteiger partial charge in [-0.05, 0) is 22.0 Å². The summed E-state index contributed by atoms with van der Waals surface area (Å²) in [7, 11) is 0. The van der Waals surface area contributed by atoms with Gasteiger partial charge in [0.15, 0.2) is 11.9 Å². The van der Waals surface area contributed by atoms with Crippen LogP contribution in [0, 0.1) is 10.8 Å². The third-order valence-corrected chi connectivity index (χ3v) is 5.36. The number of carbonyl (C=O) groups excluding carboxylic acids is 2. The molecule has 1 amide bonds. The average Bonchev–Trinajstić information content (AvgIpc) is 3.13. The number of hydrogen-bond donors (Lipinski definition) is 2. The third-order valence-electron chi connectivity index (χ3n) is 5.36. The fraction of sp³-hybridized carbons (Fsp3) is 0.429. The topological polar surface area (TPSA) is 105 Å². The van der Waals surface area contributed by atoms with Gasteiger partial charge < -0.3 is 15.2 Å². The molecule has 2 unspecified atom stereocenters. The maximum atomic E-state index is 11.8. The molecule has 2 N–H and O–H groups in total. The fourth-order valence-corrected chi connectivity index (χ4v) is 3.44. The van der Waals surface area contributed by atoms with E-state index in [1.807, 2.05) is 81.4 Å². The summed E-state index contributed by atoms with van der Waals surface area (Å²) in [6, 6.07) is 17.9. The predicted molar refractivity (Wildman–Crippen MR) is 136 cm³/mol. The molecule has 1 heterocycles. The zero-order chi connectivity index (χ0) is 26.2. The van der Waals surface area contributed by atoms with Crippen molar-refractivity contribution in [2.75, 3.05) is 0 Å². The molecule has 7 nitrogen and oxygen atoms in total. The Hall–Kier alpha value is -3.48. The molecule has 188 valence electrons. The number of hydrogen-bond acceptors (Lipinski definition) is 5. The van der Waals surface area contributed by atoms with E-state index in [-0.39, 0.29) is 29.8 Å². The minimum Gasteiger partial charge on any atom is -0.480 e. The molecule has 2 aromatic carbocycles. The van der Waals surface area contributed by atoms with E-state index in [0.29, 0.717) is 12.3 Å². The highest BCUT2D eigenvalue weighted by molar-refractivity contribution is 5.98. The summed E-state index contributed by atoms with van der Waals surface area (Å²) in [5, 5.41) is 11.7. The number of aliphatic imine (C=N–C) groups is 1. The van der Waals surface area contributed by atoms with Crippen molar-refractivity contribution in [3.05, 3.63) is 71.8 Å². The van der Waals surface area contributed by atoms with Gasteiger partial charge in [-0.25, -0.2) is 14.6 Å². The number of nitrogens with one attached hydrogen (secondary N) is 1. The smallest absolute Gasteiger partial charge is 0.338 e. The summed E-state index contributed by atoms with van der Waals surface area (Å²) in [4.78, 5) is 39.0. The van der Waals surface area contributed by atoms with E-state index < -0.39 is 17.4 Å². The lowest BCUT2D eigenvalue weighted by atomic mass is 9.86. The lowest BCUT2D eigenvalue weighted by Crippen LogP contribution is -2.49. The zero-order valence-corrected chi connectivity index (χ0v) is 21.4. The molecule has 2 atom stereocenters. The van der Waals surface area contributed by atoms with Crippen molar-refractivity contribution in [3.63, 3.8) is 0 Å². The van der Waals surface area contributed by atoms with E-state index in [4.69, 9.17) is 9.84 Å². The number of aliphatic carboxylic acids is 1. The highest BCUT2D eigenvalue weighted by Crippen LogP contribution is 2.27. The van der Waals surface area contributed by atoms with Crippen LogP contribution in [0.25, 0.3) is 0 Å². The van der Waals surface area contributed by atoms with Gasteiger partial charge in [-0.3, -0.25) is 4.79 Å². The second-order valence-corrected chi connectivity index (χ2v) is 10.7. The number of carbonyl (C=O) groups is 3. The van der Waals surface area contributed by atoms with Gasteiger partial charge in [0.1, 0.15) is 6.04 Å². The molecule has 1 aliphatic rings. The summed E-state index contributed by atoms with van der Waals surface area (Å²) in [5.74, 6) is -0.989. The van der Waals surface area contributed by atoms with Crippen molar-refractivity contribution in [1.82, 2.24) is 5.32 Å². The molecule has 0 saturated heterocycles. The molecule has 0 radical (unpaired) electrons. The molecule has 0 saturated carbocycles. The first-order chi connectivity index (χ1) is 16.3. The van der Waals surface area contributed by atoms with Crippen LogP contribution in [-0.4, -0.2) is 40.9 Å². The first-order valence-electron chi connectivity index (χ1n) is 11.7. The Bertz CT molecular complexity index is 1030. The Morgan fingerprint density at radius 1 is 0.943 bits per heavy atom. The molecular formula is C28H36N2O5. The number of esters is 1. The minimum atomic E-state index is -1.01. The van der Waals surface area contributed by atoms with E-state index in [2.05, 4.69) is 10.3 Å². The van der Waals surface area contributed by atoms with Crippen molar-refractivity contribution < 1.29 is 24.2 Å². The number of amides is 1. The summed E-state index contributed by atoms with van der Waals surface area (Å²) in [5.41, 5.74) is 1.27. The molecule has 1 aliphatic heterocycles. The third kappa shape index (κ3) is 9.00. The first-order valence-corrected chi connectivity index (χ1v) is 11.7. The maximum absolute atomic E-state index is 11.8. The average molecular weight is 481 g/mol. The van der Waals surface area contributed by atoms with Crippen LogP contribution in [0.1, 0.15) is 52.7 Å². The van der Waals surface area contributed by atoms with E-state index in [1.165, 1.54) is 0 Å². The molecule has 0 fully saturated rings. The number of carboxylic acid groups (broad SMARTS) is 1. The van der Waals surface area contributed by atoms with Gasteiger partial charge in [-0.15, -0.1) is 0 Å². The molecule has 0 aliphatic carbocycles. The Morgan fingerprint density at radius 3 is 1.89 bits per heavy atom. The second-order valence-electron chi connectivity index (χ2n) is 10.7. The van der Waals surface area contributed by atoms with E-state index >= 15 is 0 Å². The molecule has 35 heavy (non-hydrogen) atoms. The van der Waals surface area contributed by atoms with E-state index in [0.717, 1.165) is 11.1 Å². The van der Waals surface area contributed by atoms with Gasteiger partial charge in [0.05, 0.1) is 6.42 Å². The van der Waals surface area contributed by atoms with Gasteiger partial charge in [-0.1, -0.05) is 102 Å². The number of ether oxygens (including phenoxy) is 1. The van der Waals surface area contributed by atoms with Crippen LogP contribution in [0.15, 0.2) is 65.7 Å². The van der Waals surface area contributed by atoms with Gasteiger partial charge >= 0.3 is 11.9 Å². The van der Waals surface area contributed by atoms with Crippen LogP contribution < -0.4 is 5.32 Å². The quantitative estimate of drug-likeness (QED) is 0.595. The first kappa shape index (κ1) is 27.8. The Kier molecular flexibility index (Phi) is 9.34. The van der Waals surface area contributed by atoms with Gasteiger partial charge in [0, 0.05) is 6.42 Å². The maximum Gasteiger partial charge on any atom is 0.338 e. The molecule has 2 aromatic rings. The minimum absolute atomic E-state index is 0.185. The van der Waals surface area contributed by atoms with Crippen LogP contribution in [0.3, 0.4) is 0 Å². The van der Waals surface area contributed by atoms with Crippen molar-refractivity contribution in [2.24, 2.45) is 15.8 Å². The van der Waals surface area contributed by atoms with Crippen LogP contribution >= 0.6 is 0 Å². The Balaban J connectivity index is 0.000000247. The normalized spacial score (nSPS) is 16.3. The standard InChI is InChI=1S/C14H19NO3.C14H17NO2/c1-14(2,3)12(13(17)18)15-11(16)9-10-7-5-4-6-8-10;1-14(2,3)12-13(16)17-11(15-12)9-10-7-5-4-6-8-10/h4-8,12H,9H2,1-3H3,(H,15,16)(H,17,18);4-8,12H,9H2,1-3H3. The molecular weight excluding hydrogens is 444 g/mol. The summed E-state index contributed by atoms with van der Waals surface area (Å²) in [6.45, 7) is 11.3. The van der Waals surface area contributed by atoms with Gasteiger partial charge in [-0.2, -0.15) is 0 Å². The van der Waals surface area contributed by atoms with Crippen molar-refractivity contribution in [2.45, 2.75) is 66.5 Å². The Morgan fingerprint density at radius 2 is 1.46 bits per heavy atom. The van der Waals surface area contributed by atoms with Crippen molar-refractivity contribution in [3.8, 4) is 0 Å². The lowest BCUT2D eigenvalue weighted by molar-refractivity contribution is -0.144. The lowest BCUT2D eigenvalue weighted by Gasteiger charge is -2.27. The molecule has 0 aromatic heterocycles. The van der Waals surface area contributed by atoms with Crippen LogP contribution in [0.2, 0.25) is 0 Å². The summed E-state index contributed by atoms with van der Waals surface area (Å²) < 4.78 is 5.22.